The van der Waals surface area contributed by atoms with Crippen LogP contribution in [0.5, 0.6) is 0 Å². The van der Waals surface area contributed by atoms with Crippen molar-refractivity contribution in [3.05, 3.63) is 34.0 Å². The van der Waals surface area contributed by atoms with Gasteiger partial charge in [-0.3, -0.25) is 10.1 Å². The van der Waals surface area contributed by atoms with Crippen LogP contribution < -0.4 is 0 Å². The summed E-state index contributed by atoms with van der Waals surface area (Å²) in [5.74, 6) is -1.25. The van der Waals surface area contributed by atoms with E-state index >= 15 is 0 Å². The largest absolute Gasteiger partial charge is 0.476 e. The summed E-state index contributed by atoms with van der Waals surface area (Å²) < 4.78 is 4.18. The fourth-order valence-corrected chi connectivity index (χ4v) is 2.06. The number of carboxylic acid groups (broad SMARTS) is 1. The van der Waals surface area contributed by atoms with E-state index in [0.29, 0.717) is 4.70 Å². The number of nitro groups is 1. The highest BCUT2D eigenvalue weighted by atomic mass is 32.1. The van der Waals surface area contributed by atoms with Crippen LogP contribution in [0.1, 0.15) is 10.5 Å². The molecule has 0 saturated carbocycles. The number of rotatable bonds is 2. The zero-order chi connectivity index (χ0) is 11.0. The molecule has 6 nitrogen and oxygen atoms in total. The third-order valence-corrected chi connectivity index (χ3v) is 2.69. The number of nitrogens with zero attached hydrogens (tertiary/aromatic N) is 2. The molecule has 0 radical (unpaired) electrons. The maximum absolute atomic E-state index is 10.8. The van der Waals surface area contributed by atoms with Gasteiger partial charge in [0, 0.05) is 6.07 Å². The summed E-state index contributed by atoms with van der Waals surface area (Å²) in [7, 11) is 0. The lowest BCUT2D eigenvalue weighted by molar-refractivity contribution is -0.383. The van der Waals surface area contributed by atoms with Gasteiger partial charge in [-0.2, -0.15) is 4.37 Å². The van der Waals surface area contributed by atoms with E-state index in [1.807, 2.05) is 0 Å². The molecule has 1 aromatic carbocycles. The van der Waals surface area contributed by atoms with E-state index in [-0.39, 0.29) is 16.8 Å². The van der Waals surface area contributed by atoms with Crippen LogP contribution in [0.25, 0.3) is 10.1 Å². The van der Waals surface area contributed by atoms with Crippen molar-refractivity contribution in [1.82, 2.24) is 4.37 Å². The van der Waals surface area contributed by atoms with Crippen molar-refractivity contribution in [1.29, 1.82) is 0 Å². The molecule has 0 amide bonds. The van der Waals surface area contributed by atoms with Gasteiger partial charge in [-0.05, 0) is 17.6 Å². The first-order valence-electron chi connectivity index (χ1n) is 3.87. The van der Waals surface area contributed by atoms with Gasteiger partial charge in [-0.1, -0.05) is 6.07 Å². The molecule has 2 rings (SSSR count). The number of benzene rings is 1. The molecule has 0 unspecified atom stereocenters. The van der Waals surface area contributed by atoms with Crippen molar-refractivity contribution < 1.29 is 14.8 Å². The van der Waals surface area contributed by atoms with E-state index in [2.05, 4.69) is 4.37 Å². The van der Waals surface area contributed by atoms with Gasteiger partial charge in [-0.15, -0.1) is 0 Å². The Balaban J connectivity index is 2.86. The summed E-state index contributed by atoms with van der Waals surface area (Å²) >= 11 is 0.939. The van der Waals surface area contributed by atoms with Gasteiger partial charge in [0.25, 0.3) is 5.69 Å². The maximum Gasteiger partial charge on any atom is 0.356 e. The maximum atomic E-state index is 10.8. The van der Waals surface area contributed by atoms with Crippen molar-refractivity contribution in [2.24, 2.45) is 0 Å². The minimum absolute atomic E-state index is 0.0972. The van der Waals surface area contributed by atoms with E-state index in [1.54, 1.807) is 6.07 Å². The molecule has 76 valence electrons. The third kappa shape index (κ3) is 1.42. The predicted octanol–water partition coefficient (Wildman–Crippen LogP) is 1.90. The Labute approximate surface area is 87.1 Å². The lowest BCUT2D eigenvalue weighted by Crippen LogP contribution is -1.98. The average molecular weight is 224 g/mol. The zero-order valence-electron chi connectivity index (χ0n) is 7.21. The molecular weight excluding hydrogens is 220 g/mol. The highest BCUT2D eigenvalue weighted by Gasteiger charge is 2.21. The lowest BCUT2D eigenvalue weighted by Gasteiger charge is -1.93. The topological polar surface area (TPSA) is 93.3 Å². The van der Waals surface area contributed by atoms with Crippen LogP contribution in [0.2, 0.25) is 0 Å². The summed E-state index contributed by atoms with van der Waals surface area (Å²) in [6.45, 7) is 0. The fourth-order valence-electron chi connectivity index (χ4n) is 1.27. The van der Waals surface area contributed by atoms with Crippen molar-refractivity contribution in [3.8, 4) is 0 Å². The quantitative estimate of drug-likeness (QED) is 0.621. The first-order valence-corrected chi connectivity index (χ1v) is 4.64. The van der Waals surface area contributed by atoms with Gasteiger partial charge in [0.15, 0.2) is 5.69 Å². The second kappa shape index (κ2) is 3.28. The fraction of sp³-hybridized carbons (Fsp3) is 0. The average Bonchev–Trinajstić information content (AvgIpc) is 2.60. The van der Waals surface area contributed by atoms with E-state index in [9.17, 15) is 14.9 Å². The lowest BCUT2D eigenvalue weighted by atomic mass is 10.2. The molecule has 1 heterocycles. The number of hydrogen-bond acceptors (Lipinski definition) is 5. The number of aromatic nitrogens is 1. The molecule has 0 aliphatic rings. The van der Waals surface area contributed by atoms with Crippen LogP contribution in [0.15, 0.2) is 18.2 Å². The number of fused-ring (bicyclic) bond motifs is 1. The molecule has 0 atom stereocenters. The molecule has 0 fully saturated rings. The Morgan fingerprint density at radius 1 is 1.53 bits per heavy atom. The van der Waals surface area contributed by atoms with Gasteiger partial charge in [-0.25, -0.2) is 4.79 Å². The van der Waals surface area contributed by atoms with E-state index in [0.717, 1.165) is 11.5 Å². The Morgan fingerprint density at radius 3 is 2.87 bits per heavy atom. The Kier molecular flexibility index (Phi) is 2.09. The smallest absolute Gasteiger partial charge is 0.356 e. The van der Waals surface area contributed by atoms with Gasteiger partial charge >= 0.3 is 5.97 Å². The van der Waals surface area contributed by atoms with E-state index < -0.39 is 10.9 Å². The Hall–Kier alpha value is -2.02. The van der Waals surface area contributed by atoms with Crippen molar-refractivity contribution in [2.45, 2.75) is 0 Å². The van der Waals surface area contributed by atoms with Crippen molar-refractivity contribution in [3.63, 3.8) is 0 Å². The molecular formula is C8H4N2O4S. The first-order chi connectivity index (χ1) is 7.11. The number of non-ortho nitro benzene ring substituents is 1. The molecule has 0 spiro atoms. The Morgan fingerprint density at radius 2 is 2.27 bits per heavy atom. The van der Waals surface area contributed by atoms with Gasteiger partial charge in [0.1, 0.15) is 5.39 Å². The van der Waals surface area contributed by atoms with Crippen molar-refractivity contribution in [2.75, 3.05) is 0 Å². The zero-order valence-corrected chi connectivity index (χ0v) is 8.02. The standard InChI is InChI=1S/C8H4N2O4S/c11-8(12)7-6-4(10(13)14)2-1-3-5(6)15-9-7/h1-3H,(H,11,12). The summed E-state index contributed by atoms with van der Waals surface area (Å²) in [6.07, 6.45) is 0. The molecule has 1 N–H and O–H groups in total. The van der Waals surface area contributed by atoms with E-state index in [4.69, 9.17) is 5.11 Å². The van der Waals surface area contributed by atoms with Crippen LogP contribution in [0.4, 0.5) is 5.69 Å². The molecule has 2 aromatic rings. The molecule has 0 saturated heterocycles. The summed E-state index contributed by atoms with van der Waals surface area (Å²) in [4.78, 5) is 20.8. The normalized spacial score (nSPS) is 10.4. The highest BCUT2D eigenvalue weighted by molar-refractivity contribution is 7.13. The molecule has 7 heteroatoms. The molecule has 15 heavy (non-hydrogen) atoms. The van der Waals surface area contributed by atoms with Crippen LogP contribution in [-0.4, -0.2) is 20.4 Å². The number of nitro benzene ring substituents is 1. The minimum atomic E-state index is -1.25. The second-order valence-electron chi connectivity index (χ2n) is 2.74. The van der Waals surface area contributed by atoms with Gasteiger partial charge in [0.05, 0.1) is 9.62 Å². The number of carbonyl (C=O) groups is 1. The third-order valence-electron chi connectivity index (χ3n) is 1.88. The molecule has 1 aromatic heterocycles. The second-order valence-corrected chi connectivity index (χ2v) is 3.55. The van der Waals surface area contributed by atoms with E-state index in [1.165, 1.54) is 12.1 Å². The highest BCUT2D eigenvalue weighted by Crippen LogP contribution is 2.31. The summed E-state index contributed by atoms with van der Waals surface area (Å²) in [5, 5.41) is 19.6. The van der Waals surface area contributed by atoms with Crippen LogP contribution in [-0.2, 0) is 0 Å². The summed E-state index contributed by atoms with van der Waals surface area (Å²) in [5.41, 5.74) is -0.485. The van der Waals surface area contributed by atoms with Crippen LogP contribution >= 0.6 is 11.5 Å². The number of hydrogen-bond donors (Lipinski definition) is 1. The Bertz CT molecular complexity index is 563. The number of carboxylic acids is 1. The minimum Gasteiger partial charge on any atom is -0.476 e. The molecule has 0 aliphatic carbocycles. The van der Waals surface area contributed by atoms with Crippen molar-refractivity contribution >= 4 is 33.3 Å². The molecule has 0 aliphatic heterocycles. The summed E-state index contributed by atoms with van der Waals surface area (Å²) in [6, 6.07) is 4.37. The monoisotopic (exact) mass is 224 g/mol. The van der Waals surface area contributed by atoms with Gasteiger partial charge in [0.2, 0.25) is 0 Å². The molecule has 0 bridgehead atoms. The van der Waals surface area contributed by atoms with Crippen LogP contribution in [0, 0.1) is 10.1 Å². The number of aromatic carboxylic acids is 1. The van der Waals surface area contributed by atoms with Crippen LogP contribution in [0.3, 0.4) is 0 Å². The first kappa shape index (κ1) is 9.53. The predicted molar refractivity (Wildman–Crippen MR) is 53.2 cm³/mol. The van der Waals surface area contributed by atoms with Gasteiger partial charge < -0.3 is 5.11 Å². The SMILES string of the molecule is O=C(O)c1nsc2cccc([N+](=O)[O-])c12.